The molecule has 3 aromatic rings. The van der Waals surface area contributed by atoms with Gasteiger partial charge < -0.3 is 24.7 Å². The van der Waals surface area contributed by atoms with Gasteiger partial charge in [-0.25, -0.2) is 0 Å². The van der Waals surface area contributed by atoms with Crippen LogP contribution in [0.15, 0.2) is 36.4 Å². The molecule has 2 N–H and O–H groups in total. The number of nitrogens with zero attached hydrogens (tertiary/aromatic N) is 1. The lowest BCUT2D eigenvalue weighted by atomic mass is 9.88. The number of hydrogen-bond donors (Lipinski definition) is 2. The number of rotatable bonds is 6. The molecule has 5 rings (SSSR count). The number of fused-ring (bicyclic) bond motifs is 1. The van der Waals surface area contributed by atoms with Crippen molar-refractivity contribution in [1.29, 1.82) is 0 Å². The molecule has 0 bridgehead atoms. The largest absolute Gasteiger partial charge is 0.493 e. The molecule has 2 aliphatic rings. The Morgan fingerprint density at radius 1 is 0.969 bits per heavy atom. The zero-order chi connectivity index (χ0) is 22.1. The maximum Gasteiger partial charge on any atom is 0.161 e. The molecule has 5 heteroatoms. The Hall–Kier alpha value is -2.50. The molecule has 32 heavy (non-hydrogen) atoms. The number of likely N-dealkylation sites (tertiary alicyclic amines) is 1. The summed E-state index contributed by atoms with van der Waals surface area (Å²) in [5, 5.41) is 4.97. The fourth-order valence-electron chi connectivity index (χ4n) is 5.55. The summed E-state index contributed by atoms with van der Waals surface area (Å²) in [5.74, 6) is 2.16. The molecule has 0 amide bonds. The van der Waals surface area contributed by atoms with Crippen molar-refractivity contribution in [3.05, 3.63) is 47.5 Å². The summed E-state index contributed by atoms with van der Waals surface area (Å²) < 4.78 is 10.9. The van der Waals surface area contributed by atoms with Crippen LogP contribution in [-0.2, 0) is 0 Å². The van der Waals surface area contributed by atoms with Gasteiger partial charge in [-0.2, -0.15) is 0 Å². The first kappa shape index (κ1) is 21.4. The Balaban J connectivity index is 1.34. The third kappa shape index (κ3) is 4.12. The average molecular weight is 434 g/mol. The summed E-state index contributed by atoms with van der Waals surface area (Å²) in [6.45, 7) is 7.06. The molecule has 2 aliphatic heterocycles. The van der Waals surface area contributed by atoms with Crippen molar-refractivity contribution in [2.24, 2.45) is 0 Å². The van der Waals surface area contributed by atoms with Crippen LogP contribution in [0.3, 0.4) is 0 Å². The van der Waals surface area contributed by atoms with E-state index in [1.807, 2.05) is 12.1 Å². The molecule has 0 unspecified atom stereocenters. The summed E-state index contributed by atoms with van der Waals surface area (Å²) in [4.78, 5) is 6.30. The predicted octanol–water partition coefficient (Wildman–Crippen LogP) is 5.09. The molecule has 0 radical (unpaired) electrons. The SMILES string of the molecule is COc1ccc(-c2[nH]c3ccc(C4CCN(C[C@H]5CCCN5)CC4)cc3c2C)cc1OC. The standard InChI is InChI=1S/C27H35N3O2/c1-18-23-15-20(19-10-13-30(14-11-19)17-22-5-4-12-28-22)6-8-24(23)29-27(18)21-7-9-25(31-2)26(16-21)32-3/h6-9,15-16,19,22,28-29H,4-5,10-14,17H2,1-3H3/t22-/m1/s1. The number of nitrogens with one attached hydrogen (secondary N) is 2. The number of hydrogen-bond acceptors (Lipinski definition) is 4. The van der Waals surface area contributed by atoms with E-state index in [1.165, 1.54) is 73.9 Å². The third-order valence-corrected chi connectivity index (χ3v) is 7.45. The molecule has 2 fully saturated rings. The van der Waals surface area contributed by atoms with E-state index in [1.54, 1.807) is 14.2 Å². The van der Waals surface area contributed by atoms with Crippen molar-refractivity contribution < 1.29 is 9.47 Å². The van der Waals surface area contributed by atoms with E-state index in [0.717, 1.165) is 22.8 Å². The molecule has 0 aliphatic carbocycles. The smallest absolute Gasteiger partial charge is 0.161 e. The Morgan fingerprint density at radius 3 is 2.50 bits per heavy atom. The molecule has 1 atom stereocenters. The van der Waals surface area contributed by atoms with Gasteiger partial charge in [0.25, 0.3) is 0 Å². The second kappa shape index (κ2) is 9.16. The first-order valence-electron chi connectivity index (χ1n) is 12.0. The molecular weight excluding hydrogens is 398 g/mol. The maximum absolute atomic E-state index is 5.51. The van der Waals surface area contributed by atoms with Crippen LogP contribution in [0.25, 0.3) is 22.2 Å². The Kier molecular flexibility index (Phi) is 6.11. The Bertz CT molecular complexity index is 1080. The highest BCUT2D eigenvalue weighted by molar-refractivity contribution is 5.91. The van der Waals surface area contributed by atoms with Gasteiger partial charge in [-0.1, -0.05) is 6.07 Å². The van der Waals surface area contributed by atoms with Gasteiger partial charge in [0.1, 0.15) is 0 Å². The van der Waals surface area contributed by atoms with Gasteiger partial charge in [-0.05, 0) is 99.6 Å². The van der Waals surface area contributed by atoms with E-state index >= 15 is 0 Å². The molecule has 2 aromatic carbocycles. The third-order valence-electron chi connectivity index (χ3n) is 7.45. The first-order valence-corrected chi connectivity index (χ1v) is 12.0. The number of aromatic amines is 1. The maximum atomic E-state index is 5.51. The summed E-state index contributed by atoms with van der Waals surface area (Å²) in [7, 11) is 3.35. The van der Waals surface area contributed by atoms with E-state index in [2.05, 4.69) is 46.4 Å². The summed E-state index contributed by atoms with van der Waals surface area (Å²) in [5.41, 5.74) is 6.24. The molecule has 2 saturated heterocycles. The lowest BCUT2D eigenvalue weighted by molar-refractivity contribution is 0.196. The molecule has 5 nitrogen and oxygen atoms in total. The Labute approximate surface area is 191 Å². The van der Waals surface area contributed by atoms with Gasteiger partial charge in [0, 0.05) is 34.7 Å². The number of aryl methyl sites for hydroxylation is 1. The van der Waals surface area contributed by atoms with Crippen LogP contribution in [-0.4, -0.2) is 56.3 Å². The zero-order valence-electron chi connectivity index (χ0n) is 19.5. The second-order valence-electron chi connectivity index (χ2n) is 9.37. The lowest BCUT2D eigenvalue weighted by Crippen LogP contribution is -2.41. The normalized spacial score (nSPS) is 20.2. The number of ether oxygens (including phenoxy) is 2. The minimum Gasteiger partial charge on any atom is -0.493 e. The number of benzene rings is 2. The molecular formula is C27H35N3O2. The number of methoxy groups -OCH3 is 2. The van der Waals surface area contributed by atoms with Crippen LogP contribution in [0.2, 0.25) is 0 Å². The first-order chi connectivity index (χ1) is 15.7. The van der Waals surface area contributed by atoms with Gasteiger partial charge in [-0.3, -0.25) is 0 Å². The summed E-state index contributed by atoms with van der Waals surface area (Å²) >= 11 is 0. The van der Waals surface area contributed by atoms with Crippen LogP contribution in [0.5, 0.6) is 11.5 Å². The van der Waals surface area contributed by atoms with Gasteiger partial charge in [0.15, 0.2) is 11.5 Å². The van der Waals surface area contributed by atoms with Gasteiger partial charge in [0.05, 0.1) is 14.2 Å². The number of aromatic nitrogens is 1. The van der Waals surface area contributed by atoms with Crippen LogP contribution >= 0.6 is 0 Å². The van der Waals surface area contributed by atoms with Crippen molar-refractivity contribution in [2.45, 2.75) is 44.6 Å². The van der Waals surface area contributed by atoms with Crippen LogP contribution in [0.4, 0.5) is 0 Å². The highest BCUT2D eigenvalue weighted by Crippen LogP contribution is 2.37. The summed E-state index contributed by atoms with van der Waals surface area (Å²) in [6, 6.07) is 13.8. The summed E-state index contributed by atoms with van der Waals surface area (Å²) in [6.07, 6.45) is 5.18. The van der Waals surface area contributed by atoms with E-state index in [9.17, 15) is 0 Å². The van der Waals surface area contributed by atoms with E-state index < -0.39 is 0 Å². The molecule has 0 saturated carbocycles. The van der Waals surface area contributed by atoms with E-state index in [0.29, 0.717) is 12.0 Å². The van der Waals surface area contributed by atoms with Gasteiger partial charge in [-0.15, -0.1) is 0 Å². The average Bonchev–Trinajstić information content (AvgIpc) is 3.46. The van der Waals surface area contributed by atoms with Crippen LogP contribution < -0.4 is 14.8 Å². The molecule has 1 aromatic heterocycles. The molecule has 0 spiro atoms. The fourth-order valence-corrected chi connectivity index (χ4v) is 5.55. The van der Waals surface area contributed by atoms with Crippen LogP contribution in [0, 0.1) is 6.92 Å². The van der Waals surface area contributed by atoms with Gasteiger partial charge >= 0.3 is 0 Å². The fraction of sp³-hybridized carbons (Fsp3) is 0.481. The van der Waals surface area contributed by atoms with Crippen molar-refractivity contribution in [3.63, 3.8) is 0 Å². The van der Waals surface area contributed by atoms with Gasteiger partial charge in [0.2, 0.25) is 0 Å². The number of H-pyrrole nitrogens is 1. The van der Waals surface area contributed by atoms with Crippen LogP contribution in [0.1, 0.15) is 42.7 Å². The minimum absolute atomic E-state index is 0.658. The lowest BCUT2D eigenvalue weighted by Gasteiger charge is -2.33. The molecule has 170 valence electrons. The topological polar surface area (TPSA) is 49.5 Å². The number of piperidine rings is 1. The van der Waals surface area contributed by atoms with Crippen molar-refractivity contribution in [3.8, 4) is 22.8 Å². The predicted molar refractivity (Wildman–Crippen MR) is 131 cm³/mol. The second-order valence-corrected chi connectivity index (χ2v) is 9.37. The highest BCUT2D eigenvalue weighted by Gasteiger charge is 2.24. The molecule has 3 heterocycles. The van der Waals surface area contributed by atoms with Crippen molar-refractivity contribution in [2.75, 3.05) is 40.4 Å². The highest BCUT2D eigenvalue weighted by atomic mass is 16.5. The quantitative estimate of drug-likeness (QED) is 0.568. The Morgan fingerprint density at radius 2 is 1.78 bits per heavy atom. The zero-order valence-corrected chi connectivity index (χ0v) is 19.5. The van der Waals surface area contributed by atoms with Crippen molar-refractivity contribution in [1.82, 2.24) is 15.2 Å². The van der Waals surface area contributed by atoms with Crippen molar-refractivity contribution >= 4 is 10.9 Å². The minimum atomic E-state index is 0.658. The monoisotopic (exact) mass is 433 g/mol. The van der Waals surface area contributed by atoms with E-state index in [4.69, 9.17) is 9.47 Å². The van der Waals surface area contributed by atoms with E-state index in [-0.39, 0.29) is 0 Å².